The van der Waals surface area contributed by atoms with Crippen LogP contribution in [0.4, 0.5) is 43.4 Å². The van der Waals surface area contributed by atoms with Gasteiger partial charge < -0.3 is 15.5 Å². The molecule has 0 heterocycles. The number of halogens is 6. The molecule has 15 heteroatoms. The van der Waals surface area contributed by atoms with Crippen LogP contribution in [0.2, 0.25) is 0 Å². The average Bonchev–Trinajstić information content (AvgIpc) is 2.48. The first-order valence-corrected chi connectivity index (χ1v) is 6.44. The standard InChI is InChI=1S/C11H12F6N4O5/c12-10(13,14)9(22,11(15,16)17)3-4-18-19-7-2-1-6(20(23)24)5-8(7)21(25)26/h1-2,4-5,19-23,25H,3H2/b18-4+. The number of benzene rings is 1. The SMILES string of the molecule is [O-][NH+](O)c1ccc(N/N=C/CC(O)(C(F)(F)F)C(F)(F)F)c([NH+]([O-])O)c1. The second kappa shape index (κ2) is 7.70. The summed E-state index contributed by atoms with van der Waals surface area (Å²) in [5.74, 6) is 0. The average molecular weight is 394 g/mol. The largest absolute Gasteiger partial charge is 0.595 e. The van der Waals surface area contributed by atoms with Crippen molar-refractivity contribution in [2.24, 2.45) is 5.10 Å². The van der Waals surface area contributed by atoms with Crippen molar-refractivity contribution < 1.29 is 52.3 Å². The second-order valence-corrected chi connectivity index (χ2v) is 4.85. The molecule has 0 fully saturated rings. The highest BCUT2D eigenvalue weighted by Crippen LogP contribution is 2.44. The van der Waals surface area contributed by atoms with Gasteiger partial charge in [0, 0.05) is 18.7 Å². The van der Waals surface area contributed by atoms with Crippen molar-refractivity contribution in [3.63, 3.8) is 0 Å². The van der Waals surface area contributed by atoms with Crippen molar-refractivity contribution in [2.45, 2.75) is 24.4 Å². The second-order valence-electron chi connectivity index (χ2n) is 4.85. The quantitative estimate of drug-likeness (QED) is 0.230. The molecule has 0 aliphatic carbocycles. The first-order valence-electron chi connectivity index (χ1n) is 6.44. The molecule has 0 aliphatic heterocycles. The molecular formula is C11H12F6N4O5. The molecule has 0 saturated heterocycles. The molecule has 0 aliphatic rings. The Morgan fingerprint density at radius 2 is 1.58 bits per heavy atom. The lowest BCUT2D eigenvalue weighted by molar-refractivity contribution is -0.996. The summed E-state index contributed by atoms with van der Waals surface area (Å²) in [6.45, 7) is 0. The molecular weight excluding hydrogens is 382 g/mol. The van der Waals surface area contributed by atoms with Gasteiger partial charge in [-0.25, -0.2) is 10.4 Å². The lowest BCUT2D eigenvalue weighted by Gasteiger charge is -2.30. The number of hydrogen-bond donors (Lipinski definition) is 6. The molecule has 9 nitrogen and oxygen atoms in total. The molecule has 1 aromatic carbocycles. The van der Waals surface area contributed by atoms with E-state index in [4.69, 9.17) is 15.5 Å². The highest BCUT2D eigenvalue weighted by atomic mass is 19.4. The normalized spacial score (nSPS) is 16.0. The summed E-state index contributed by atoms with van der Waals surface area (Å²) in [4.78, 5) is 0. The molecule has 0 aromatic heterocycles. The summed E-state index contributed by atoms with van der Waals surface area (Å²) < 4.78 is 74.7. The number of rotatable bonds is 6. The Kier molecular flexibility index (Phi) is 6.53. The van der Waals surface area contributed by atoms with Crippen LogP contribution < -0.4 is 15.9 Å². The Morgan fingerprint density at radius 1 is 1.04 bits per heavy atom. The molecule has 2 atom stereocenters. The molecule has 26 heavy (non-hydrogen) atoms. The topological polar surface area (TPSA) is 140 Å². The highest BCUT2D eigenvalue weighted by molar-refractivity contribution is 5.67. The van der Waals surface area contributed by atoms with E-state index in [-0.39, 0.29) is 11.9 Å². The van der Waals surface area contributed by atoms with Crippen molar-refractivity contribution >= 4 is 23.3 Å². The predicted octanol–water partition coefficient (Wildman–Crippen LogP) is 0.137. The maximum atomic E-state index is 12.5. The van der Waals surface area contributed by atoms with Gasteiger partial charge >= 0.3 is 12.4 Å². The fourth-order valence-corrected chi connectivity index (χ4v) is 1.64. The molecule has 0 amide bonds. The summed E-state index contributed by atoms with van der Waals surface area (Å²) >= 11 is 0. The minimum atomic E-state index is -6.02. The van der Waals surface area contributed by atoms with Gasteiger partial charge in [0.15, 0.2) is 11.4 Å². The van der Waals surface area contributed by atoms with Gasteiger partial charge in [0.25, 0.3) is 5.60 Å². The third kappa shape index (κ3) is 4.79. The van der Waals surface area contributed by atoms with Gasteiger partial charge in [0.05, 0.1) is 6.07 Å². The molecule has 1 aromatic rings. The summed E-state index contributed by atoms with van der Waals surface area (Å²) in [6.07, 6.45) is -14.0. The van der Waals surface area contributed by atoms with E-state index in [1.165, 1.54) is 0 Å². The number of aliphatic hydroxyl groups is 1. The van der Waals surface area contributed by atoms with Gasteiger partial charge in [-0.15, -0.1) is 0 Å². The molecule has 0 saturated carbocycles. The molecule has 1 rings (SSSR count). The van der Waals surface area contributed by atoms with Crippen molar-refractivity contribution in [1.82, 2.24) is 0 Å². The number of hydrogen-bond acceptors (Lipinski definition) is 7. The molecule has 0 bridgehead atoms. The maximum absolute atomic E-state index is 12.5. The smallest absolute Gasteiger partial charge is 0.426 e. The van der Waals surface area contributed by atoms with Crippen LogP contribution >= 0.6 is 0 Å². The molecule has 0 spiro atoms. The van der Waals surface area contributed by atoms with Crippen LogP contribution in [-0.4, -0.2) is 39.7 Å². The van der Waals surface area contributed by atoms with Crippen molar-refractivity contribution in [3.8, 4) is 0 Å². The van der Waals surface area contributed by atoms with Crippen molar-refractivity contribution in [3.05, 3.63) is 28.6 Å². The zero-order valence-corrected chi connectivity index (χ0v) is 12.4. The minimum absolute atomic E-state index is 0.0672. The fraction of sp³-hybridized carbons (Fsp3) is 0.364. The predicted molar refractivity (Wildman–Crippen MR) is 71.8 cm³/mol. The Labute approximate surface area is 140 Å². The molecule has 148 valence electrons. The third-order valence-corrected chi connectivity index (χ3v) is 3.10. The number of quaternary nitrogens is 2. The number of hydrazone groups is 1. The van der Waals surface area contributed by atoms with E-state index < -0.39 is 46.2 Å². The fourth-order valence-electron chi connectivity index (χ4n) is 1.64. The van der Waals surface area contributed by atoms with E-state index in [2.05, 4.69) is 5.10 Å². The van der Waals surface area contributed by atoms with E-state index >= 15 is 0 Å². The first kappa shape index (κ1) is 22.0. The molecule has 0 radical (unpaired) electrons. The van der Waals surface area contributed by atoms with Crippen LogP contribution in [0.25, 0.3) is 0 Å². The van der Waals surface area contributed by atoms with Gasteiger partial charge in [-0.05, 0) is 6.07 Å². The lowest BCUT2D eigenvalue weighted by Crippen LogP contribution is -3.00. The minimum Gasteiger partial charge on any atom is -0.595 e. The van der Waals surface area contributed by atoms with Gasteiger partial charge in [-0.1, -0.05) is 0 Å². The summed E-state index contributed by atoms with van der Waals surface area (Å²) in [5, 5.41) is 48.3. The van der Waals surface area contributed by atoms with E-state index in [1.54, 1.807) is 0 Å². The zero-order chi connectivity index (χ0) is 20.3. The number of alkyl halides is 6. The summed E-state index contributed by atoms with van der Waals surface area (Å²) in [7, 11) is 0. The maximum Gasteiger partial charge on any atom is 0.426 e. The van der Waals surface area contributed by atoms with Crippen LogP contribution in [0.5, 0.6) is 0 Å². The van der Waals surface area contributed by atoms with E-state index in [0.717, 1.165) is 12.1 Å². The molecule has 6 N–H and O–H groups in total. The zero-order valence-electron chi connectivity index (χ0n) is 12.4. The van der Waals surface area contributed by atoms with Crippen LogP contribution in [0.1, 0.15) is 6.42 Å². The number of nitrogens with one attached hydrogen (secondary N) is 3. The Morgan fingerprint density at radius 3 is 2.00 bits per heavy atom. The van der Waals surface area contributed by atoms with Crippen molar-refractivity contribution in [2.75, 3.05) is 5.43 Å². The number of nitrogens with zero attached hydrogens (tertiary/aromatic N) is 1. The monoisotopic (exact) mass is 394 g/mol. The van der Waals surface area contributed by atoms with Gasteiger partial charge in [-0.2, -0.15) is 41.9 Å². The van der Waals surface area contributed by atoms with Gasteiger partial charge in [0.1, 0.15) is 5.69 Å². The van der Waals surface area contributed by atoms with Crippen LogP contribution in [0.3, 0.4) is 0 Å². The van der Waals surface area contributed by atoms with Gasteiger partial charge in [0.2, 0.25) is 0 Å². The lowest BCUT2D eigenvalue weighted by atomic mass is 9.99. The van der Waals surface area contributed by atoms with Crippen molar-refractivity contribution in [1.29, 1.82) is 0 Å². The summed E-state index contributed by atoms with van der Waals surface area (Å²) in [6, 6.07) is 2.56. The van der Waals surface area contributed by atoms with Crippen LogP contribution in [0, 0.1) is 10.4 Å². The number of anilines is 1. The van der Waals surface area contributed by atoms with E-state index in [9.17, 15) is 36.8 Å². The molecule has 2 unspecified atom stereocenters. The Balaban J connectivity index is 2.98. The highest BCUT2D eigenvalue weighted by Gasteiger charge is 2.69. The summed E-state index contributed by atoms with van der Waals surface area (Å²) in [5.41, 5.74) is -4.59. The van der Waals surface area contributed by atoms with E-state index in [0.29, 0.717) is 6.07 Å². The van der Waals surface area contributed by atoms with Crippen LogP contribution in [-0.2, 0) is 0 Å². The third-order valence-electron chi connectivity index (χ3n) is 3.10. The first-order chi connectivity index (χ1) is 11.7. The van der Waals surface area contributed by atoms with Gasteiger partial charge in [-0.3, -0.25) is 5.43 Å². The Bertz CT molecular complexity index is 635. The van der Waals surface area contributed by atoms with E-state index in [1.807, 2.05) is 5.43 Å². The van der Waals surface area contributed by atoms with Crippen LogP contribution in [0.15, 0.2) is 23.3 Å². The Hall–Kier alpha value is -2.01.